The molecule has 0 spiro atoms. The van der Waals surface area contributed by atoms with E-state index >= 15 is 0 Å². The molecule has 2 nitrogen and oxygen atoms in total. The van der Waals surface area contributed by atoms with Crippen LogP contribution in [0.2, 0.25) is 0 Å². The summed E-state index contributed by atoms with van der Waals surface area (Å²) < 4.78 is 43.9. The standard InChI is InChI=1S/C14H14BrF3O2/c1-8(14(16,17)18)11-7-9(15)5-6-10(11)12(19)20-13(2,3)4/h5-7H,1H2,2-4H3. The maximum absolute atomic E-state index is 12.8. The van der Waals surface area contributed by atoms with Crippen LogP contribution in [0.4, 0.5) is 13.2 Å². The molecular weight excluding hydrogens is 337 g/mol. The molecule has 1 aromatic carbocycles. The second-order valence-corrected chi connectivity index (χ2v) is 6.08. The Balaban J connectivity index is 3.28. The highest BCUT2D eigenvalue weighted by Gasteiger charge is 2.35. The molecule has 0 bridgehead atoms. The molecule has 0 unspecified atom stereocenters. The van der Waals surface area contributed by atoms with Crippen LogP contribution in [0.25, 0.3) is 5.57 Å². The molecule has 0 atom stereocenters. The van der Waals surface area contributed by atoms with Gasteiger partial charge in [0, 0.05) is 10.0 Å². The van der Waals surface area contributed by atoms with Crippen LogP contribution in [-0.2, 0) is 4.74 Å². The number of ether oxygens (including phenoxy) is 1. The molecule has 0 radical (unpaired) electrons. The monoisotopic (exact) mass is 350 g/mol. The Labute approximate surface area is 123 Å². The molecule has 0 fully saturated rings. The summed E-state index contributed by atoms with van der Waals surface area (Å²) in [7, 11) is 0. The van der Waals surface area contributed by atoms with Gasteiger partial charge in [-0.25, -0.2) is 4.79 Å². The lowest BCUT2D eigenvalue weighted by atomic mass is 10.0. The van der Waals surface area contributed by atoms with Gasteiger partial charge >= 0.3 is 12.1 Å². The van der Waals surface area contributed by atoms with Gasteiger partial charge in [-0.2, -0.15) is 13.2 Å². The number of alkyl halides is 3. The first-order chi connectivity index (χ1) is 8.92. The van der Waals surface area contributed by atoms with Gasteiger partial charge in [0.15, 0.2) is 0 Å². The van der Waals surface area contributed by atoms with E-state index < -0.39 is 23.3 Å². The molecule has 0 saturated carbocycles. The molecule has 0 N–H and O–H groups in total. The normalized spacial score (nSPS) is 12.2. The zero-order valence-electron chi connectivity index (χ0n) is 11.3. The summed E-state index contributed by atoms with van der Waals surface area (Å²) in [5.74, 6) is -0.814. The van der Waals surface area contributed by atoms with Gasteiger partial charge in [0.25, 0.3) is 0 Å². The number of carbonyl (C=O) groups is 1. The number of rotatable bonds is 2. The van der Waals surface area contributed by atoms with E-state index in [9.17, 15) is 18.0 Å². The fraction of sp³-hybridized carbons (Fsp3) is 0.357. The Morgan fingerprint density at radius 2 is 1.75 bits per heavy atom. The summed E-state index contributed by atoms with van der Waals surface area (Å²) in [4.78, 5) is 12.0. The minimum Gasteiger partial charge on any atom is -0.456 e. The van der Waals surface area contributed by atoms with E-state index in [0.29, 0.717) is 4.47 Å². The van der Waals surface area contributed by atoms with Crippen LogP contribution in [0.15, 0.2) is 29.3 Å². The van der Waals surface area contributed by atoms with E-state index in [1.54, 1.807) is 20.8 Å². The molecule has 0 amide bonds. The van der Waals surface area contributed by atoms with Crippen molar-refractivity contribution >= 4 is 27.5 Å². The van der Waals surface area contributed by atoms with E-state index in [1.807, 2.05) is 0 Å². The molecule has 1 rings (SSSR count). The number of benzene rings is 1. The summed E-state index contributed by atoms with van der Waals surface area (Å²) in [5, 5.41) is 0. The van der Waals surface area contributed by atoms with Gasteiger partial charge in [-0.1, -0.05) is 22.5 Å². The second-order valence-electron chi connectivity index (χ2n) is 5.17. The predicted molar refractivity (Wildman–Crippen MR) is 74.4 cm³/mol. The Morgan fingerprint density at radius 3 is 2.20 bits per heavy atom. The van der Waals surface area contributed by atoms with E-state index in [1.165, 1.54) is 18.2 Å². The quantitative estimate of drug-likeness (QED) is 0.703. The lowest BCUT2D eigenvalue weighted by molar-refractivity contribution is -0.0686. The van der Waals surface area contributed by atoms with Crippen molar-refractivity contribution in [1.29, 1.82) is 0 Å². The summed E-state index contributed by atoms with van der Waals surface area (Å²) in [5.41, 5.74) is -2.33. The molecule has 1 aromatic rings. The van der Waals surface area contributed by atoms with Gasteiger partial charge in [0.05, 0.1) is 11.1 Å². The molecular formula is C14H14BrF3O2. The van der Waals surface area contributed by atoms with Crippen LogP contribution >= 0.6 is 15.9 Å². The third-order valence-corrected chi connectivity index (χ3v) is 2.76. The van der Waals surface area contributed by atoms with E-state index in [4.69, 9.17) is 4.74 Å². The molecule has 0 heterocycles. The smallest absolute Gasteiger partial charge is 0.416 e. The third kappa shape index (κ3) is 4.37. The molecule has 0 saturated heterocycles. The lowest BCUT2D eigenvalue weighted by Gasteiger charge is -2.21. The van der Waals surface area contributed by atoms with Gasteiger partial charge in [-0.3, -0.25) is 0 Å². The molecule has 0 aliphatic carbocycles. The molecule has 6 heteroatoms. The highest BCUT2D eigenvalue weighted by molar-refractivity contribution is 9.10. The summed E-state index contributed by atoms with van der Waals surface area (Å²) >= 11 is 3.08. The van der Waals surface area contributed by atoms with Crippen LogP contribution in [0.5, 0.6) is 0 Å². The number of hydrogen-bond donors (Lipinski definition) is 0. The minimum atomic E-state index is -4.61. The highest BCUT2D eigenvalue weighted by atomic mass is 79.9. The Kier molecular flexibility index (Phi) is 4.69. The van der Waals surface area contributed by atoms with Crippen molar-refractivity contribution in [2.45, 2.75) is 32.5 Å². The molecule has 0 aliphatic rings. The van der Waals surface area contributed by atoms with Crippen molar-refractivity contribution in [3.8, 4) is 0 Å². The Bertz CT molecular complexity index is 542. The first-order valence-corrected chi connectivity index (χ1v) is 6.50. The van der Waals surface area contributed by atoms with Crippen molar-refractivity contribution in [2.75, 3.05) is 0 Å². The average Bonchev–Trinajstić information content (AvgIpc) is 2.24. The predicted octanol–water partition coefficient (Wildman–Crippen LogP) is 4.98. The van der Waals surface area contributed by atoms with E-state index in [2.05, 4.69) is 22.5 Å². The van der Waals surface area contributed by atoms with Crippen LogP contribution in [0.3, 0.4) is 0 Å². The van der Waals surface area contributed by atoms with Crippen LogP contribution < -0.4 is 0 Å². The SMILES string of the molecule is C=C(c1cc(Br)ccc1C(=O)OC(C)(C)C)C(F)(F)F. The van der Waals surface area contributed by atoms with Gasteiger partial charge < -0.3 is 4.74 Å². The second kappa shape index (κ2) is 5.60. The fourth-order valence-corrected chi connectivity index (χ4v) is 1.79. The van der Waals surface area contributed by atoms with Gasteiger partial charge in [-0.15, -0.1) is 0 Å². The fourth-order valence-electron chi connectivity index (χ4n) is 1.43. The highest BCUT2D eigenvalue weighted by Crippen LogP contribution is 2.35. The topological polar surface area (TPSA) is 26.3 Å². The third-order valence-electron chi connectivity index (χ3n) is 2.27. The van der Waals surface area contributed by atoms with Crippen molar-refractivity contribution in [3.05, 3.63) is 40.4 Å². The zero-order valence-corrected chi connectivity index (χ0v) is 12.9. The Morgan fingerprint density at radius 1 is 1.20 bits per heavy atom. The number of hydrogen-bond acceptors (Lipinski definition) is 2. The number of esters is 1. The maximum atomic E-state index is 12.8. The molecule has 110 valence electrons. The summed E-state index contributed by atoms with van der Waals surface area (Å²) in [6.45, 7) is 7.95. The molecule has 0 aliphatic heterocycles. The van der Waals surface area contributed by atoms with Crippen molar-refractivity contribution in [1.82, 2.24) is 0 Å². The van der Waals surface area contributed by atoms with Gasteiger partial charge in [-0.05, 0) is 39.0 Å². The first-order valence-electron chi connectivity index (χ1n) is 5.71. The molecule has 0 aromatic heterocycles. The van der Waals surface area contributed by atoms with E-state index in [-0.39, 0.29) is 11.1 Å². The zero-order chi connectivity index (χ0) is 15.7. The maximum Gasteiger partial charge on any atom is 0.416 e. The van der Waals surface area contributed by atoms with Gasteiger partial charge in [0.1, 0.15) is 5.60 Å². The van der Waals surface area contributed by atoms with Crippen LogP contribution in [0, 0.1) is 0 Å². The van der Waals surface area contributed by atoms with Crippen molar-refractivity contribution < 1.29 is 22.7 Å². The lowest BCUT2D eigenvalue weighted by Crippen LogP contribution is -2.25. The minimum absolute atomic E-state index is 0.162. The van der Waals surface area contributed by atoms with Gasteiger partial charge in [0.2, 0.25) is 0 Å². The average molecular weight is 351 g/mol. The number of carbonyl (C=O) groups excluding carboxylic acids is 1. The Hall–Kier alpha value is -1.30. The summed E-state index contributed by atoms with van der Waals surface area (Å²) in [6, 6.07) is 3.96. The molecule has 20 heavy (non-hydrogen) atoms. The first kappa shape index (κ1) is 16.8. The summed E-state index contributed by atoms with van der Waals surface area (Å²) in [6.07, 6.45) is -4.61. The van der Waals surface area contributed by atoms with Crippen molar-refractivity contribution in [3.63, 3.8) is 0 Å². The number of halogens is 4. The van der Waals surface area contributed by atoms with Crippen LogP contribution in [-0.4, -0.2) is 17.7 Å². The van der Waals surface area contributed by atoms with Crippen LogP contribution in [0.1, 0.15) is 36.7 Å². The largest absolute Gasteiger partial charge is 0.456 e. The van der Waals surface area contributed by atoms with Crippen molar-refractivity contribution in [2.24, 2.45) is 0 Å². The number of allylic oxidation sites excluding steroid dienone is 1. The van der Waals surface area contributed by atoms with E-state index in [0.717, 1.165) is 0 Å².